The first-order valence-electron chi connectivity index (χ1n) is 6.25. The van der Waals surface area contributed by atoms with E-state index in [1.165, 1.54) is 0 Å². The minimum atomic E-state index is -3.20. The Balaban J connectivity index is 2.22. The van der Waals surface area contributed by atoms with Crippen molar-refractivity contribution in [3.8, 4) is 5.75 Å². The Morgan fingerprint density at radius 1 is 1.20 bits per heavy atom. The van der Waals surface area contributed by atoms with Gasteiger partial charge in [0.25, 0.3) is 0 Å². The van der Waals surface area contributed by atoms with Crippen LogP contribution in [0.25, 0.3) is 0 Å². The van der Waals surface area contributed by atoms with Gasteiger partial charge in [-0.1, -0.05) is 12.1 Å². The van der Waals surface area contributed by atoms with Gasteiger partial charge in [0.2, 0.25) is 15.9 Å². The minimum Gasteiger partial charge on any atom is -0.497 e. The summed E-state index contributed by atoms with van der Waals surface area (Å²) in [6.07, 6.45) is 2.08. The normalized spacial score (nSPS) is 11.1. The van der Waals surface area contributed by atoms with Crippen LogP contribution in [0.3, 0.4) is 0 Å². The van der Waals surface area contributed by atoms with Crippen molar-refractivity contribution >= 4 is 15.9 Å². The van der Waals surface area contributed by atoms with E-state index in [2.05, 4.69) is 10.0 Å². The van der Waals surface area contributed by atoms with Crippen molar-refractivity contribution < 1.29 is 17.9 Å². The largest absolute Gasteiger partial charge is 0.497 e. The summed E-state index contributed by atoms with van der Waals surface area (Å²) < 4.78 is 29.0. The monoisotopic (exact) mass is 300 g/mol. The van der Waals surface area contributed by atoms with Crippen LogP contribution in [0.15, 0.2) is 24.3 Å². The number of rotatable bonds is 8. The summed E-state index contributed by atoms with van der Waals surface area (Å²) in [5.74, 6) is 0.682. The molecule has 2 N–H and O–H groups in total. The fourth-order valence-corrected chi connectivity index (χ4v) is 2.05. The molecule has 0 saturated carbocycles. The van der Waals surface area contributed by atoms with Gasteiger partial charge in [-0.25, -0.2) is 13.1 Å². The van der Waals surface area contributed by atoms with E-state index in [0.29, 0.717) is 12.8 Å². The van der Waals surface area contributed by atoms with E-state index >= 15 is 0 Å². The summed E-state index contributed by atoms with van der Waals surface area (Å²) in [6.45, 7) is 0.488. The predicted molar refractivity (Wildman–Crippen MR) is 77.2 cm³/mol. The molecule has 1 rings (SSSR count). The van der Waals surface area contributed by atoms with E-state index in [1.54, 1.807) is 7.11 Å². The Kier molecular flexibility index (Phi) is 6.47. The number of hydrogen-bond acceptors (Lipinski definition) is 4. The minimum absolute atomic E-state index is 0.101. The lowest BCUT2D eigenvalue weighted by atomic mass is 10.1. The number of amides is 1. The lowest BCUT2D eigenvalue weighted by molar-refractivity contribution is -0.121. The molecule has 1 aromatic carbocycles. The number of sulfonamides is 1. The third kappa shape index (κ3) is 7.10. The van der Waals surface area contributed by atoms with E-state index in [1.807, 2.05) is 24.3 Å². The van der Waals surface area contributed by atoms with E-state index in [-0.39, 0.29) is 19.0 Å². The van der Waals surface area contributed by atoms with Crippen LogP contribution in [0, 0.1) is 0 Å². The van der Waals surface area contributed by atoms with Gasteiger partial charge in [0.05, 0.1) is 13.4 Å². The van der Waals surface area contributed by atoms with Gasteiger partial charge in [0, 0.05) is 19.5 Å². The smallest absolute Gasteiger partial charge is 0.220 e. The first-order valence-corrected chi connectivity index (χ1v) is 8.14. The van der Waals surface area contributed by atoms with Crippen molar-refractivity contribution in [1.82, 2.24) is 10.0 Å². The molecule has 0 bridgehead atoms. The molecule has 0 heterocycles. The molecule has 0 aromatic heterocycles. The van der Waals surface area contributed by atoms with Crippen LogP contribution in [0.1, 0.15) is 12.0 Å². The van der Waals surface area contributed by atoms with Crippen LogP contribution in [0.5, 0.6) is 5.75 Å². The Morgan fingerprint density at radius 2 is 1.85 bits per heavy atom. The number of benzene rings is 1. The number of carbonyl (C=O) groups is 1. The van der Waals surface area contributed by atoms with Crippen LogP contribution in [0.2, 0.25) is 0 Å². The molecule has 112 valence electrons. The second-order valence-electron chi connectivity index (χ2n) is 4.36. The topological polar surface area (TPSA) is 84.5 Å². The lowest BCUT2D eigenvalue weighted by Crippen LogP contribution is -2.34. The molecule has 7 heteroatoms. The molecule has 0 aliphatic rings. The quantitative estimate of drug-likeness (QED) is 0.676. The van der Waals surface area contributed by atoms with Gasteiger partial charge in [0.15, 0.2) is 0 Å². The molecular weight excluding hydrogens is 280 g/mol. The summed E-state index contributed by atoms with van der Waals surface area (Å²) in [6, 6.07) is 7.53. The molecule has 20 heavy (non-hydrogen) atoms. The highest BCUT2D eigenvalue weighted by Gasteiger charge is 2.03. The number of nitrogens with one attached hydrogen (secondary N) is 2. The summed E-state index contributed by atoms with van der Waals surface area (Å²) in [5, 5.41) is 2.66. The molecule has 1 aromatic rings. The van der Waals surface area contributed by atoms with Crippen molar-refractivity contribution in [1.29, 1.82) is 0 Å². The highest BCUT2D eigenvalue weighted by Crippen LogP contribution is 2.12. The van der Waals surface area contributed by atoms with Crippen molar-refractivity contribution in [3.05, 3.63) is 29.8 Å². The maximum atomic E-state index is 11.6. The third-order valence-corrected chi connectivity index (χ3v) is 3.34. The zero-order valence-electron chi connectivity index (χ0n) is 11.7. The van der Waals surface area contributed by atoms with Crippen LogP contribution in [0.4, 0.5) is 0 Å². The fraction of sp³-hybridized carbons (Fsp3) is 0.462. The van der Waals surface area contributed by atoms with Gasteiger partial charge in [-0.3, -0.25) is 4.79 Å². The molecule has 0 fully saturated rings. The van der Waals surface area contributed by atoms with Gasteiger partial charge in [0.1, 0.15) is 5.75 Å². The van der Waals surface area contributed by atoms with Gasteiger partial charge in [-0.15, -0.1) is 0 Å². The van der Waals surface area contributed by atoms with Gasteiger partial charge in [-0.2, -0.15) is 0 Å². The van der Waals surface area contributed by atoms with Crippen LogP contribution in [-0.2, 0) is 21.2 Å². The highest BCUT2D eigenvalue weighted by atomic mass is 32.2. The van der Waals surface area contributed by atoms with E-state index < -0.39 is 10.0 Å². The van der Waals surface area contributed by atoms with Gasteiger partial charge in [-0.05, 0) is 24.1 Å². The van der Waals surface area contributed by atoms with E-state index in [9.17, 15) is 13.2 Å². The standard InChI is InChI=1S/C13H20N2O4S/c1-19-12-6-3-11(4-7-12)5-8-13(16)14-9-10-15-20(2,17)18/h3-4,6-7,15H,5,8-10H2,1-2H3,(H,14,16). The molecular formula is C13H20N2O4S. The average Bonchev–Trinajstić information content (AvgIpc) is 2.41. The average molecular weight is 300 g/mol. The maximum absolute atomic E-state index is 11.6. The number of hydrogen-bond donors (Lipinski definition) is 2. The lowest BCUT2D eigenvalue weighted by Gasteiger charge is -2.06. The van der Waals surface area contributed by atoms with Crippen LogP contribution < -0.4 is 14.8 Å². The van der Waals surface area contributed by atoms with Crippen molar-refractivity contribution in [2.75, 3.05) is 26.5 Å². The van der Waals surface area contributed by atoms with Gasteiger partial charge < -0.3 is 10.1 Å². The molecule has 6 nitrogen and oxygen atoms in total. The Morgan fingerprint density at radius 3 is 2.40 bits per heavy atom. The first kappa shape index (κ1) is 16.5. The van der Waals surface area contributed by atoms with Crippen molar-refractivity contribution in [2.45, 2.75) is 12.8 Å². The summed E-state index contributed by atoms with van der Waals surface area (Å²) >= 11 is 0. The Labute approximate surface area is 119 Å². The summed E-state index contributed by atoms with van der Waals surface area (Å²) in [4.78, 5) is 11.6. The molecule has 0 aliphatic heterocycles. The van der Waals surface area contributed by atoms with E-state index in [4.69, 9.17) is 4.74 Å². The molecule has 0 saturated heterocycles. The number of methoxy groups -OCH3 is 1. The predicted octanol–water partition coefficient (Wildman–Crippen LogP) is 0.293. The van der Waals surface area contributed by atoms with Crippen molar-refractivity contribution in [3.63, 3.8) is 0 Å². The molecule has 0 unspecified atom stereocenters. The summed E-state index contributed by atoms with van der Waals surface area (Å²) in [5.41, 5.74) is 1.05. The highest BCUT2D eigenvalue weighted by molar-refractivity contribution is 7.88. The molecule has 0 atom stereocenters. The second kappa shape index (κ2) is 7.86. The Hall–Kier alpha value is -1.60. The van der Waals surface area contributed by atoms with Gasteiger partial charge >= 0.3 is 0 Å². The SMILES string of the molecule is COc1ccc(CCC(=O)NCCNS(C)(=O)=O)cc1. The van der Waals surface area contributed by atoms with Crippen LogP contribution in [-0.4, -0.2) is 40.8 Å². The van der Waals surface area contributed by atoms with Crippen molar-refractivity contribution in [2.24, 2.45) is 0 Å². The molecule has 0 aliphatic carbocycles. The van der Waals surface area contributed by atoms with Crippen LogP contribution >= 0.6 is 0 Å². The Bertz CT molecular complexity index is 526. The number of carbonyl (C=O) groups excluding carboxylic acids is 1. The first-order chi connectivity index (χ1) is 9.40. The molecule has 1 amide bonds. The fourth-order valence-electron chi connectivity index (χ4n) is 1.58. The van der Waals surface area contributed by atoms with E-state index in [0.717, 1.165) is 17.6 Å². The third-order valence-electron chi connectivity index (χ3n) is 2.61. The number of ether oxygens (including phenoxy) is 1. The molecule has 0 radical (unpaired) electrons. The zero-order valence-corrected chi connectivity index (χ0v) is 12.5. The zero-order chi connectivity index (χ0) is 15.0. The molecule has 0 spiro atoms. The summed E-state index contributed by atoms with van der Waals surface area (Å²) in [7, 11) is -1.59. The number of aryl methyl sites for hydroxylation is 1. The maximum Gasteiger partial charge on any atom is 0.220 e. The second-order valence-corrected chi connectivity index (χ2v) is 6.20.